The van der Waals surface area contributed by atoms with Crippen molar-refractivity contribution in [3.63, 3.8) is 0 Å². The van der Waals surface area contributed by atoms with Gasteiger partial charge in [-0.05, 0) is 60.5 Å². The normalized spacial score (nSPS) is 11.4. The van der Waals surface area contributed by atoms with Crippen LogP contribution in [0.5, 0.6) is 11.5 Å². The molecule has 0 radical (unpaired) electrons. The van der Waals surface area contributed by atoms with Crippen molar-refractivity contribution in [2.75, 3.05) is 18.9 Å². The second-order valence-corrected chi connectivity index (χ2v) is 9.99. The Morgan fingerprint density at radius 3 is 2.43 bits per heavy atom. The Morgan fingerprint density at radius 2 is 1.70 bits per heavy atom. The fourth-order valence-electron chi connectivity index (χ4n) is 4.17. The summed E-state index contributed by atoms with van der Waals surface area (Å²) in [4.78, 5) is 13.0. The van der Waals surface area contributed by atoms with E-state index in [-0.39, 0.29) is 16.3 Å². The molecule has 188 valence electrons. The van der Waals surface area contributed by atoms with Gasteiger partial charge in [-0.1, -0.05) is 23.4 Å². The predicted octanol–water partition coefficient (Wildman–Crippen LogP) is 4.77. The fourth-order valence-corrected chi connectivity index (χ4v) is 5.20. The maximum atomic E-state index is 13.0. The number of hydrogen-bond acceptors (Lipinski definition) is 7. The van der Waals surface area contributed by atoms with Gasteiger partial charge in [-0.3, -0.25) is 14.1 Å². The smallest absolute Gasteiger partial charge is 0.263 e. The molecule has 9 nitrogen and oxygen atoms in total. The molecule has 1 N–H and O–H groups in total. The first-order valence-electron chi connectivity index (χ1n) is 11.2. The number of nitrogens with one attached hydrogen (secondary N) is 1. The minimum atomic E-state index is -3.92. The molecule has 10 heteroatoms. The van der Waals surface area contributed by atoms with Gasteiger partial charge in [0.25, 0.3) is 15.6 Å². The SMILES string of the molecule is COc1cc(C)ccc1-c1ccc(-n2c(=O)ccc3cc(S(=O)(=O)Nc4ccon4)ccc32)c(OC)c1. The van der Waals surface area contributed by atoms with Crippen LogP contribution in [0.3, 0.4) is 0 Å². The van der Waals surface area contributed by atoms with Crippen LogP contribution >= 0.6 is 0 Å². The maximum absolute atomic E-state index is 13.0. The van der Waals surface area contributed by atoms with Crippen molar-refractivity contribution < 1.29 is 22.4 Å². The number of hydrogen-bond donors (Lipinski definition) is 1. The highest BCUT2D eigenvalue weighted by atomic mass is 32.2. The van der Waals surface area contributed by atoms with E-state index in [2.05, 4.69) is 14.4 Å². The molecule has 0 bridgehead atoms. The Kier molecular flexibility index (Phi) is 6.18. The highest BCUT2D eigenvalue weighted by Gasteiger charge is 2.19. The van der Waals surface area contributed by atoms with Crippen molar-refractivity contribution in [3.05, 3.63) is 95.0 Å². The van der Waals surface area contributed by atoms with E-state index in [1.54, 1.807) is 25.3 Å². The van der Waals surface area contributed by atoms with Crippen LogP contribution in [0, 0.1) is 6.92 Å². The molecular formula is C27H23N3O6S. The van der Waals surface area contributed by atoms with Crippen molar-refractivity contribution in [2.24, 2.45) is 0 Å². The lowest BCUT2D eigenvalue weighted by atomic mass is 10.0. The van der Waals surface area contributed by atoms with Gasteiger partial charge in [0.05, 0.1) is 30.3 Å². The summed E-state index contributed by atoms with van der Waals surface area (Å²) in [5.41, 5.74) is 3.57. The lowest BCUT2D eigenvalue weighted by molar-refractivity contribution is 0.412. The first-order chi connectivity index (χ1) is 17.8. The van der Waals surface area contributed by atoms with E-state index in [1.165, 1.54) is 42.2 Å². The molecule has 5 aromatic rings. The number of nitrogens with zero attached hydrogens (tertiary/aromatic N) is 2. The summed E-state index contributed by atoms with van der Waals surface area (Å²) < 4.78 is 45.4. The number of aryl methyl sites for hydroxylation is 1. The molecule has 0 fully saturated rings. The summed E-state index contributed by atoms with van der Waals surface area (Å²) in [7, 11) is -0.764. The van der Waals surface area contributed by atoms with Gasteiger partial charge in [-0.2, -0.15) is 0 Å². The summed E-state index contributed by atoms with van der Waals surface area (Å²) in [5, 5.41) is 4.14. The molecule has 5 rings (SSSR count). The second-order valence-electron chi connectivity index (χ2n) is 8.31. The lowest BCUT2D eigenvalue weighted by Gasteiger charge is -2.17. The number of methoxy groups -OCH3 is 2. The van der Waals surface area contributed by atoms with E-state index >= 15 is 0 Å². The second kappa shape index (κ2) is 9.47. The molecule has 2 heterocycles. The molecule has 0 atom stereocenters. The summed E-state index contributed by atoms with van der Waals surface area (Å²) in [5.74, 6) is 1.27. The van der Waals surface area contributed by atoms with E-state index in [1.807, 2.05) is 37.3 Å². The number of benzene rings is 3. The number of anilines is 1. The Morgan fingerprint density at radius 1 is 0.892 bits per heavy atom. The van der Waals surface area contributed by atoms with Crippen LogP contribution in [0.25, 0.3) is 27.7 Å². The largest absolute Gasteiger partial charge is 0.496 e. The first-order valence-corrected chi connectivity index (χ1v) is 12.7. The number of aromatic nitrogens is 2. The van der Waals surface area contributed by atoms with Crippen molar-refractivity contribution in [3.8, 4) is 28.3 Å². The van der Waals surface area contributed by atoms with E-state index < -0.39 is 10.0 Å². The third kappa shape index (κ3) is 4.54. The highest BCUT2D eigenvalue weighted by Crippen LogP contribution is 2.36. The minimum absolute atomic E-state index is 0.0157. The van der Waals surface area contributed by atoms with E-state index in [4.69, 9.17) is 9.47 Å². The maximum Gasteiger partial charge on any atom is 0.263 e. The molecule has 0 aliphatic rings. The van der Waals surface area contributed by atoms with Gasteiger partial charge in [0.1, 0.15) is 17.8 Å². The van der Waals surface area contributed by atoms with Gasteiger partial charge in [0.2, 0.25) is 0 Å². The van der Waals surface area contributed by atoms with Gasteiger partial charge >= 0.3 is 0 Å². The molecule has 0 saturated heterocycles. The summed E-state index contributed by atoms with van der Waals surface area (Å²) in [6.07, 6.45) is 1.27. The molecule has 2 aromatic heterocycles. The van der Waals surface area contributed by atoms with Gasteiger partial charge in [-0.15, -0.1) is 0 Å². The Bertz CT molecular complexity index is 1780. The summed E-state index contributed by atoms with van der Waals surface area (Å²) >= 11 is 0. The monoisotopic (exact) mass is 517 g/mol. The fraction of sp³-hybridized carbons (Fsp3) is 0.111. The molecule has 0 amide bonds. The summed E-state index contributed by atoms with van der Waals surface area (Å²) in [6.45, 7) is 1.99. The van der Waals surface area contributed by atoms with Crippen LogP contribution in [-0.4, -0.2) is 32.4 Å². The molecule has 0 aliphatic heterocycles. The third-order valence-corrected chi connectivity index (χ3v) is 7.29. The van der Waals surface area contributed by atoms with Crippen LogP contribution in [0.4, 0.5) is 5.82 Å². The average Bonchev–Trinajstić information content (AvgIpc) is 3.40. The molecular weight excluding hydrogens is 494 g/mol. The number of sulfonamides is 1. The number of fused-ring (bicyclic) bond motifs is 1. The first kappa shape index (κ1) is 24.1. The van der Waals surface area contributed by atoms with Gasteiger partial charge in [-0.25, -0.2) is 8.42 Å². The van der Waals surface area contributed by atoms with Gasteiger partial charge in [0.15, 0.2) is 5.82 Å². The average molecular weight is 518 g/mol. The zero-order chi connectivity index (χ0) is 26.2. The van der Waals surface area contributed by atoms with E-state index in [0.29, 0.717) is 22.3 Å². The molecule has 0 spiro atoms. The molecule has 0 unspecified atom stereocenters. The molecule has 0 aliphatic carbocycles. The standard InChI is InChI=1S/C27H23N3O6S/c1-17-4-8-21(24(14-17)34-2)18-5-9-23(25(16-18)35-3)30-22-10-7-20(15-19(22)6-11-27(30)31)37(32,33)29-26-12-13-36-28-26/h4-16H,1-3H3,(H,28,29). The van der Waals surface area contributed by atoms with Gasteiger partial charge < -0.3 is 14.0 Å². The summed E-state index contributed by atoms with van der Waals surface area (Å²) in [6, 6.07) is 20.3. The minimum Gasteiger partial charge on any atom is -0.496 e. The number of ether oxygens (including phenoxy) is 2. The van der Waals surface area contributed by atoms with E-state index in [9.17, 15) is 13.2 Å². The van der Waals surface area contributed by atoms with Crippen LogP contribution in [0.15, 0.2) is 93.3 Å². The van der Waals surface area contributed by atoms with Crippen LogP contribution in [0.2, 0.25) is 0 Å². The van der Waals surface area contributed by atoms with Crippen molar-refractivity contribution in [1.29, 1.82) is 0 Å². The van der Waals surface area contributed by atoms with Crippen molar-refractivity contribution in [1.82, 2.24) is 9.72 Å². The van der Waals surface area contributed by atoms with Crippen LogP contribution in [0.1, 0.15) is 5.56 Å². The quantitative estimate of drug-likeness (QED) is 0.331. The molecule has 37 heavy (non-hydrogen) atoms. The van der Waals surface area contributed by atoms with Crippen LogP contribution < -0.4 is 19.8 Å². The zero-order valence-electron chi connectivity index (χ0n) is 20.3. The Labute approximate surface area is 212 Å². The molecule has 0 saturated carbocycles. The highest BCUT2D eigenvalue weighted by molar-refractivity contribution is 7.92. The van der Waals surface area contributed by atoms with Crippen molar-refractivity contribution >= 4 is 26.7 Å². The van der Waals surface area contributed by atoms with E-state index in [0.717, 1.165) is 22.4 Å². The Balaban J connectivity index is 1.61. The number of rotatable bonds is 7. The predicted molar refractivity (Wildman–Crippen MR) is 140 cm³/mol. The third-order valence-electron chi connectivity index (χ3n) is 5.94. The lowest BCUT2D eigenvalue weighted by Crippen LogP contribution is -2.18. The number of pyridine rings is 1. The molecule has 3 aromatic carbocycles. The van der Waals surface area contributed by atoms with Gasteiger partial charge in [0, 0.05) is 23.1 Å². The zero-order valence-corrected chi connectivity index (χ0v) is 21.1. The Hall–Kier alpha value is -4.57. The topological polar surface area (TPSA) is 113 Å². The van der Waals surface area contributed by atoms with Crippen LogP contribution in [-0.2, 0) is 10.0 Å². The van der Waals surface area contributed by atoms with Crippen molar-refractivity contribution in [2.45, 2.75) is 11.8 Å².